The predicted octanol–water partition coefficient (Wildman–Crippen LogP) is 1.70. The Morgan fingerprint density at radius 2 is 1.91 bits per heavy atom. The molecule has 2 fully saturated rings. The molecule has 3 heterocycles. The topological polar surface area (TPSA) is 104 Å². The summed E-state index contributed by atoms with van der Waals surface area (Å²) < 4.78 is 1.69. The van der Waals surface area contributed by atoms with Crippen molar-refractivity contribution in [2.24, 2.45) is 5.92 Å². The first-order chi connectivity index (χ1) is 16.4. The van der Waals surface area contributed by atoms with Crippen molar-refractivity contribution < 1.29 is 14.7 Å². The zero-order valence-corrected chi connectivity index (χ0v) is 20.1. The standard InChI is InChI=1S/C26H36N4O4/c1-17(2)30-24-6-4-3-5-19(24)13-23(26(30)34)25(33)28-14-18-11-20-7-8-21(12-18)29(20)16-22(32)15-27-9-10-31/h3-6,10,13,17-18,20-22,27,32H,7-9,11-12,14-16H2,1-2H3,(H,28,33)/t18?,20-,21+,22?. The zero-order chi connectivity index (χ0) is 24.2. The van der Waals surface area contributed by atoms with E-state index in [9.17, 15) is 19.5 Å². The molecule has 1 aromatic heterocycles. The van der Waals surface area contributed by atoms with Gasteiger partial charge in [0, 0.05) is 37.8 Å². The molecular formula is C26H36N4O4. The van der Waals surface area contributed by atoms with Crippen LogP contribution in [0.3, 0.4) is 0 Å². The number of hydrogen-bond donors (Lipinski definition) is 3. The van der Waals surface area contributed by atoms with Crippen molar-refractivity contribution in [2.45, 2.75) is 63.8 Å². The highest BCUT2D eigenvalue weighted by molar-refractivity contribution is 5.97. The number of carbonyl (C=O) groups is 2. The van der Waals surface area contributed by atoms with Crippen molar-refractivity contribution in [2.75, 3.05) is 26.2 Å². The highest BCUT2D eigenvalue weighted by Crippen LogP contribution is 2.38. The smallest absolute Gasteiger partial charge is 0.264 e. The molecule has 0 aliphatic carbocycles. The number of aliphatic hydroxyl groups excluding tert-OH is 1. The number of aromatic nitrogens is 1. The number of pyridine rings is 1. The number of hydrogen-bond acceptors (Lipinski definition) is 6. The first-order valence-corrected chi connectivity index (χ1v) is 12.4. The molecule has 8 heteroatoms. The summed E-state index contributed by atoms with van der Waals surface area (Å²) in [6.07, 6.45) is 4.45. The van der Waals surface area contributed by atoms with Crippen molar-refractivity contribution in [1.82, 2.24) is 20.1 Å². The van der Waals surface area contributed by atoms with Crippen molar-refractivity contribution >= 4 is 23.1 Å². The fourth-order valence-electron chi connectivity index (χ4n) is 5.76. The second-order valence-corrected chi connectivity index (χ2v) is 9.99. The second-order valence-electron chi connectivity index (χ2n) is 9.99. The molecule has 2 saturated heterocycles. The molecule has 1 aromatic carbocycles. The first kappa shape index (κ1) is 24.6. The van der Waals surface area contributed by atoms with Crippen LogP contribution in [-0.2, 0) is 4.79 Å². The molecule has 3 N–H and O–H groups in total. The third kappa shape index (κ3) is 5.24. The molecule has 0 saturated carbocycles. The number of carbonyl (C=O) groups excluding carboxylic acids is 2. The zero-order valence-electron chi connectivity index (χ0n) is 20.1. The van der Waals surface area contributed by atoms with Gasteiger partial charge in [0.1, 0.15) is 11.8 Å². The molecule has 2 unspecified atom stereocenters. The lowest BCUT2D eigenvalue weighted by Crippen LogP contribution is -2.49. The monoisotopic (exact) mass is 468 g/mol. The summed E-state index contributed by atoms with van der Waals surface area (Å²) in [6.45, 7) is 5.73. The maximum atomic E-state index is 13.1. The summed E-state index contributed by atoms with van der Waals surface area (Å²) in [5.41, 5.74) is 0.781. The average Bonchev–Trinajstić information content (AvgIpc) is 3.03. The van der Waals surface area contributed by atoms with E-state index in [0.717, 1.165) is 42.9 Å². The van der Waals surface area contributed by atoms with Gasteiger partial charge < -0.3 is 25.1 Å². The Balaban J connectivity index is 1.38. The quantitative estimate of drug-likeness (QED) is 0.362. The number of nitrogens with zero attached hydrogens (tertiary/aromatic N) is 2. The van der Waals surface area contributed by atoms with Crippen molar-refractivity contribution in [3.8, 4) is 0 Å². The van der Waals surface area contributed by atoms with Gasteiger partial charge in [-0.2, -0.15) is 0 Å². The second kappa shape index (κ2) is 10.8. The summed E-state index contributed by atoms with van der Waals surface area (Å²) in [7, 11) is 0. The molecule has 184 valence electrons. The highest BCUT2D eigenvalue weighted by Gasteiger charge is 2.41. The van der Waals surface area contributed by atoms with Crippen molar-refractivity contribution in [3.05, 3.63) is 46.2 Å². The third-order valence-electron chi connectivity index (χ3n) is 7.27. The fraction of sp³-hybridized carbons (Fsp3) is 0.577. The van der Waals surface area contributed by atoms with Gasteiger partial charge in [-0.1, -0.05) is 18.2 Å². The molecule has 34 heavy (non-hydrogen) atoms. The lowest BCUT2D eigenvalue weighted by Gasteiger charge is -2.40. The number of fused-ring (bicyclic) bond motifs is 3. The van der Waals surface area contributed by atoms with E-state index in [1.54, 1.807) is 10.6 Å². The minimum absolute atomic E-state index is 0.0471. The number of benzene rings is 1. The number of para-hydroxylation sites is 1. The van der Waals surface area contributed by atoms with E-state index < -0.39 is 6.10 Å². The minimum Gasteiger partial charge on any atom is -0.390 e. The molecule has 2 aliphatic heterocycles. The van der Waals surface area contributed by atoms with Gasteiger partial charge in [0.2, 0.25) is 0 Å². The van der Waals surface area contributed by atoms with Crippen molar-refractivity contribution in [1.29, 1.82) is 0 Å². The van der Waals surface area contributed by atoms with Gasteiger partial charge in [-0.25, -0.2) is 0 Å². The van der Waals surface area contributed by atoms with Crippen LogP contribution in [0.1, 0.15) is 55.9 Å². The van der Waals surface area contributed by atoms with E-state index >= 15 is 0 Å². The molecule has 0 spiro atoms. The number of piperidine rings is 1. The lowest BCUT2D eigenvalue weighted by molar-refractivity contribution is -0.107. The summed E-state index contributed by atoms with van der Waals surface area (Å²) in [6, 6.07) is 10.1. The van der Waals surface area contributed by atoms with Crippen LogP contribution in [0.2, 0.25) is 0 Å². The lowest BCUT2D eigenvalue weighted by atomic mass is 9.90. The Kier molecular flexibility index (Phi) is 7.80. The molecule has 0 radical (unpaired) electrons. The van der Waals surface area contributed by atoms with Gasteiger partial charge in [0.15, 0.2) is 0 Å². The van der Waals surface area contributed by atoms with Crippen LogP contribution in [0.4, 0.5) is 0 Å². The molecule has 4 rings (SSSR count). The molecule has 8 nitrogen and oxygen atoms in total. The molecule has 2 aromatic rings. The third-order valence-corrected chi connectivity index (χ3v) is 7.27. The fourth-order valence-corrected chi connectivity index (χ4v) is 5.76. The van der Waals surface area contributed by atoms with E-state index in [-0.39, 0.29) is 29.6 Å². The molecule has 2 bridgehead atoms. The van der Waals surface area contributed by atoms with Gasteiger partial charge in [-0.3, -0.25) is 14.5 Å². The van der Waals surface area contributed by atoms with Gasteiger partial charge >= 0.3 is 0 Å². The average molecular weight is 469 g/mol. The Morgan fingerprint density at radius 1 is 1.21 bits per heavy atom. The number of amides is 1. The molecule has 2 aliphatic rings. The number of rotatable bonds is 10. The van der Waals surface area contributed by atoms with Crippen LogP contribution in [-0.4, -0.2) is 71.1 Å². The SMILES string of the molecule is CC(C)n1c(=O)c(C(=O)NCC2C[C@H]3CC[C@@H](C2)N3CC(O)CNCC=O)cc2ccccc21. The molecule has 4 atom stereocenters. The van der Waals surface area contributed by atoms with Gasteiger partial charge in [0.05, 0.1) is 18.2 Å². The van der Waals surface area contributed by atoms with Gasteiger partial charge in [0.25, 0.3) is 11.5 Å². The van der Waals surface area contributed by atoms with Crippen LogP contribution in [0.15, 0.2) is 35.1 Å². The largest absolute Gasteiger partial charge is 0.390 e. The van der Waals surface area contributed by atoms with Gasteiger partial charge in [-0.05, 0) is 63.0 Å². The van der Waals surface area contributed by atoms with Crippen LogP contribution in [0.25, 0.3) is 10.9 Å². The number of aliphatic hydroxyl groups is 1. The van der Waals surface area contributed by atoms with E-state index in [1.165, 1.54) is 0 Å². The Bertz CT molecular complexity index is 1070. The predicted molar refractivity (Wildman–Crippen MR) is 132 cm³/mol. The Hall–Kier alpha value is -2.55. The summed E-state index contributed by atoms with van der Waals surface area (Å²) in [5.74, 6) is 0.0485. The molecule has 1 amide bonds. The normalized spacial score (nSPS) is 23.4. The van der Waals surface area contributed by atoms with E-state index in [2.05, 4.69) is 15.5 Å². The molecular weight excluding hydrogens is 432 g/mol. The highest BCUT2D eigenvalue weighted by atomic mass is 16.3. The van der Waals surface area contributed by atoms with Crippen LogP contribution >= 0.6 is 0 Å². The maximum Gasteiger partial charge on any atom is 0.264 e. The van der Waals surface area contributed by atoms with E-state index in [0.29, 0.717) is 37.6 Å². The van der Waals surface area contributed by atoms with Gasteiger partial charge in [-0.15, -0.1) is 0 Å². The maximum absolute atomic E-state index is 13.1. The number of aldehydes is 1. The summed E-state index contributed by atoms with van der Waals surface area (Å²) in [4.78, 5) is 39.0. The van der Waals surface area contributed by atoms with Crippen molar-refractivity contribution in [3.63, 3.8) is 0 Å². The van der Waals surface area contributed by atoms with Crippen LogP contribution in [0.5, 0.6) is 0 Å². The number of nitrogens with one attached hydrogen (secondary N) is 2. The van der Waals surface area contributed by atoms with Crippen LogP contribution < -0.4 is 16.2 Å². The Morgan fingerprint density at radius 3 is 2.59 bits per heavy atom. The minimum atomic E-state index is -0.504. The first-order valence-electron chi connectivity index (χ1n) is 12.4. The summed E-state index contributed by atoms with van der Waals surface area (Å²) >= 11 is 0. The van der Waals surface area contributed by atoms with E-state index in [1.807, 2.05) is 38.1 Å². The van der Waals surface area contributed by atoms with E-state index in [4.69, 9.17) is 0 Å². The summed E-state index contributed by atoms with van der Waals surface area (Å²) in [5, 5.41) is 17.2. The van der Waals surface area contributed by atoms with Crippen LogP contribution in [0, 0.1) is 5.92 Å². The Labute approximate surface area is 200 Å².